The molecule has 0 atom stereocenters. The van der Waals surface area contributed by atoms with Crippen molar-refractivity contribution >= 4 is 40.4 Å². The summed E-state index contributed by atoms with van der Waals surface area (Å²) in [4.78, 5) is 41.5. The van der Waals surface area contributed by atoms with Gasteiger partial charge in [-0.1, -0.05) is 0 Å². The number of aryl methyl sites for hydroxylation is 2. The lowest BCUT2D eigenvalue weighted by Gasteiger charge is -2.35. The molecule has 0 unspecified atom stereocenters. The van der Waals surface area contributed by atoms with E-state index >= 15 is 0 Å². The molecule has 7 nitrogen and oxygen atoms in total. The molecule has 1 saturated heterocycles. The van der Waals surface area contributed by atoms with Crippen molar-refractivity contribution in [2.45, 2.75) is 45.1 Å². The summed E-state index contributed by atoms with van der Waals surface area (Å²) < 4.78 is 0. The van der Waals surface area contributed by atoms with Gasteiger partial charge in [0.25, 0.3) is 0 Å². The highest BCUT2D eigenvalue weighted by molar-refractivity contribution is 7.07. The van der Waals surface area contributed by atoms with E-state index in [0.717, 1.165) is 68.7 Å². The van der Waals surface area contributed by atoms with Gasteiger partial charge < -0.3 is 15.5 Å². The van der Waals surface area contributed by atoms with Crippen LogP contribution in [0.1, 0.15) is 42.4 Å². The van der Waals surface area contributed by atoms with Crippen LogP contribution < -0.4 is 15.5 Å². The van der Waals surface area contributed by atoms with E-state index in [2.05, 4.69) is 32.4 Å². The zero-order valence-electron chi connectivity index (χ0n) is 18.8. The van der Waals surface area contributed by atoms with Gasteiger partial charge in [0.15, 0.2) is 0 Å². The highest BCUT2D eigenvalue weighted by Gasteiger charge is 2.30. The van der Waals surface area contributed by atoms with Crippen LogP contribution in [0.3, 0.4) is 0 Å². The molecule has 33 heavy (non-hydrogen) atoms. The summed E-state index contributed by atoms with van der Waals surface area (Å²) in [6.07, 6.45) is 5.02. The summed E-state index contributed by atoms with van der Waals surface area (Å²) in [6, 6.07) is 6.00. The number of nitrogens with zero attached hydrogens (tertiary/aromatic N) is 2. The quantitative estimate of drug-likeness (QED) is 0.664. The van der Waals surface area contributed by atoms with Gasteiger partial charge in [-0.25, -0.2) is 0 Å². The number of carbonyl (C=O) groups is 3. The molecule has 1 aromatic heterocycles. The number of benzene rings is 1. The van der Waals surface area contributed by atoms with E-state index in [1.165, 1.54) is 5.56 Å². The molecule has 174 valence electrons. The lowest BCUT2D eigenvalue weighted by molar-refractivity contribution is -0.136. The number of amides is 3. The summed E-state index contributed by atoms with van der Waals surface area (Å²) in [5, 5.41) is 9.90. The summed E-state index contributed by atoms with van der Waals surface area (Å²) in [6.45, 7) is 4.31. The fraction of sp³-hybridized carbons (Fsp3) is 0.480. The van der Waals surface area contributed by atoms with Crippen molar-refractivity contribution in [3.63, 3.8) is 0 Å². The van der Waals surface area contributed by atoms with Crippen LogP contribution in [0.4, 0.5) is 11.4 Å². The lowest BCUT2D eigenvalue weighted by Crippen LogP contribution is -2.41. The van der Waals surface area contributed by atoms with Gasteiger partial charge in [0, 0.05) is 31.7 Å². The normalized spacial score (nSPS) is 18.7. The molecule has 3 aliphatic rings. The number of hydrogen-bond acceptors (Lipinski definition) is 5. The Hall–Kier alpha value is -2.71. The van der Waals surface area contributed by atoms with Crippen molar-refractivity contribution in [3.8, 4) is 0 Å². The van der Waals surface area contributed by atoms with Gasteiger partial charge in [0.1, 0.15) is 0 Å². The van der Waals surface area contributed by atoms with Crippen LogP contribution in [0.2, 0.25) is 0 Å². The number of piperidine rings is 1. The number of likely N-dealkylation sites (tertiary alicyclic amines) is 1. The molecule has 0 radical (unpaired) electrons. The van der Waals surface area contributed by atoms with Crippen LogP contribution in [-0.4, -0.2) is 48.8 Å². The summed E-state index contributed by atoms with van der Waals surface area (Å²) in [5.74, 6) is -0.635. The first-order valence-electron chi connectivity index (χ1n) is 11.9. The van der Waals surface area contributed by atoms with Crippen LogP contribution in [0.25, 0.3) is 0 Å². The van der Waals surface area contributed by atoms with Crippen molar-refractivity contribution in [2.75, 3.05) is 36.4 Å². The van der Waals surface area contributed by atoms with Crippen LogP contribution >= 0.6 is 11.3 Å². The van der Waals surface area contributed by atoms with Crippen molar-refractivity contribution in [2.24, 2.45) is 5.92 Å². The first-order valence-corrected chi connectivity index (χ1v) is 12.8. The predicted octanol–water partition coefficient (Wildman–Crippen LogP) is 2.94. The molecular formula is C25H30N4O3S. The number of nitrogens with one attached hydrogen (secondary N) is 2. The number of carbonyl (C=O) groups excluding carboxylic acids is 3. The Morgan fingerprint density at radius 3 is 2.58 bits per heavy atom. The molecule has 0 spiro atoms. The maximum atomic E-state index is 12.5. The molecule has 1 fully saturated rings. The average Bonchev–Trinajstić information content (AvgIpc) is 3.34. The van der Waals surface area contributed by atoms with Gasteiger partial charge in [0.2, 0.25) is 5.91 Å². The predicted molar refractivity (Wildman–Crippen MR) is 129 cm³/mol. The molecule has 0 bridgehead atoms. The van der Waals surface area contributed by atoms with Crippen molar-refractivity contribution in [3.05, 3.63) is 45.6 Å². The first-order chi connectivity index (χ1) is 16.1. The molecule has 4 heterocycles. The van der Waals surface area contributed by atoms with Gasteiger partial charge in [-0.2, -0.15) is 11.3 Å². The topological polar surface area (TPSA) is 81.8 Å². The zero-order valence-corrected chi connectivity index (χ0v) is 19.6. The number of anilines is 2. The Bertz CT molecular complexity index is 1030. The van der Waals surface area contributed by atoms with Crippen molar-refractivity contribution < 1.29 is 14.4 Å². The van der Waals surface area contributed by atoms with Gasteiger partial charge in [0.05, 0.1) is 5.69 Å². The van der Waals surface area contributed by atoms with Crippen LogP contribution in [0.5, 0.6) is 0 Å². The second-order valence-corrected chi connectivity index (χ2v) is 10.1. The Balaban J connectivity index is 1.12. The fourth-order valence-corrected chi connectivity index (χ4v) is 5.88. The third-order valence-electron chi connectivity index (χ3n) is 6.98. The van der Waals surface area contributed by atoms with Gasteiger partial charge in [-0.3, -0.25) is 19.3 Å². The molecule has 0 saturated carbocycles. The van der Waals surface area contributed by atoms with E-state index in [9.17, 15) is 14.4 Å². The lowest BCUT2D eigenvalue weighted by atomic mass is 9.91. The van der Waals surface area contributed by atoms with E-state index in [-0.39, 0.29) is 5.91 Å². The smallest absolute Gasteiger partial charge is 0.313 e. The van der Waals surface area contributed by atoms with Gasteiger partial charge in [-0.15, -0.1) is 0 Å². The minimum Gasteiger partial charge on any atom is -0.348 e. The highest BCUT2D eigenvalue weighted by Crippen LogP contribution is 2.37. The fourth-order valence-electron chi connectivity index (χ4n) is 5.22. The van der Waals surface area contributed by atoms with E-state index in [0.29, 0.717) is 31.0 Å². The zero-order chi connectivity index (χ0) is 22.8. The molecule has 3 aliphatic heterocycles. The monoisotopic (exact) mass is 466 g/mol. The van der Waals surface area contributed by atoms with E-state index < -0.39 is 11.8 Å². The molecule has 2 N–H and O–H groups in total. The van der Waals surface area contributed by atoms with Gasteiger partial charge in [-0.05, 0) is 96.8 Å². The Kier molecular flexibility index (Phi) is 6.46. The second kappa shape index (κ2) is 9.65. The van der Waals surface area contributed by atoms with Crippen LogP contribution in [-0.2, 0) is 33.8 Å². The average molecular weight is 467 g/mol. The molecule has 0 aliphatic carbocycles. The maximum Gasteiger partial charge on any atom is 0.313 e. The molecule has 2 aromatic rings. The maximum absolute atomic E-state index is 12.5. The highest BCUT2D eigenvalue weighted by atomic mass is 32.1. The summed E-state index contributed by atoms with van der Waals surface area (Å²) in [7, 11) is 0. The molecule has 3 amide bonds. The van der Waals surface area contributed by atoms with Crippen molar-refractivity contribution in [1.82, 2.24) is 10.2 Å². The minimum absolute atomic E-state index is 0.178. The summed E-state index contributed by atoms with van der Waals surface area (Å²) >= 11 is 1.73. The van der Waals surface area contributed by atoms with Crippen LogP contribution in [0, 0.1) is 5.92 Å². The van der Waals surface area contributed by atoms with Gasteiger partial charge >= 0.3 is 11.8 Å². The number of rotatable bonds is 5. The minimum atomic E-state index is -0.628. The Morgan fingerprint density at radius 1 is 1.03 bits per heavy atom. The third-order valence-corrected chi connectivity index (χ3v) is 7.72. The first kappa shape index (κ1) is 22.1. The molecule has 1 aromatic carbocycles. The largest absolute Gasteiger partial charge is 0.348 e. The van der Waals surface area contributed by atoms with E-state index in [1.807, 2.05) is 17.0 Å². The Morgan fingerprint density at radius 2 is 1.82 bits per heavy atom. The SMILES string of the molecule is O=C(NCC1CCN(Cc2ccsc2)CC1)C(=O)Nc1cc2c3c(c1)CCC(=O)N3CCC2. The second-order valence-electron chi connectivity index (χ2n) is 9.31. The number of hydrogen-bond donors (Lipinski definition) is 2. The third kappa shape index (κ3) is 4.96. The summed E-state index contributed by atoms with van der Waals surface area (Å²) in [5.41, 5.74) is 5.18. The number of thiophene rings is 1. The van der Waals surface area contributed by atoms with E-state index in [4.69, 9.17) is 0 Å². The van der Waals surface area contributed by atoms with E-state index in [1.54, 1.807) is 11.3 Å². The molecule has 8 heteroatoms. The van der Waals surface area contributed by atoms with Crippen molar-refractivity contribution in [1.29, 1.82) is 0 Å². The molecular weight excluding hydrogens is 436 g/mol. The standard InChI is InChI=1S/C25H30N4O3S/c30-22-4-3-20-13-21(12-19-2-1-8-29(22)23(19)20)27-25(32)24(31)26-14-17-5-9-28(10-6-17)15-18-7-11-33-16-18/h7,11-13,16-17H,1-6,8-10,14-15H2,(H,26,31)(H,27,32). The molecule has 5 rings (SSSR count). The Labute approximate surface area is 198 Å². The van der Waals surface area contributed by atoms with Crippen LogP contribution in [0.15, 0.2) is 29.0 Å².